The summed E-state index contributed by atoms with van der Waals surface area (Å²) >= 11 is 0. The van der Waals surface area contributed by atoms with Crippen LogP contribution in [0.3, 0.4) is 0 Å². The minimum atomic E-state index is -0.421. The largest absolute Gasteiger partial charge is 0.507 e. The highest BCUT2D eigenvalue weighted by Crippen LogP contribution is 2.29. The molecule has 0 saturated heterocycles. The maximum Gasteiger partial charge on any atom is 0.280 e. The molecular weight excluding hydrogens is 344 g/mol. The predicted molar refractivity (Wildman–Crippen MR) is 98.7 cm³/mol. The molecule has 0 aliphatic heterocycles. The van der Waals surface area contributed by atoms with Crippen LogP contribution in [0.1, 0.15) is 26.4 Å². The van der Waals surface area contributed by atoms with Crippen molar-refractivity contribution in [2.24, 2.45) is 0 Å². The average Bonchev–Trinajstić information content (AvgIpc) is 3.11. The van der Waals surface area contributed by atoms with Crippen LogP contribution in [0.4, 0.5) is 0 Å². The van der Waals surface area contributed by atoms with Gasteiger partial charge in [0.25, 0.3) is 5.91 Å². The zero-order valence-corrected chi connectivity index (χ0v) is 14.3. The number of pyridine rings is 2. The highest BCUT2D eigenvalue weighted by Gasteiger charge is 2.20. The van der Waals surface area contributed by atoms with Gasteiger partial charge in [-0.2, -0.15) is 5.10 Å². The van der Waals surface area contributed by atoms with Gasteiger partial charge >= 0.3 is 0 Å². The van der Waals surface area contributed by atoms with Crippen LogP contribution in [0.15, 0.2) is 54.9 Å². The lowest BCUT2D eigenvalue weighted by Crippen LogP contribution is -2.15. The minimum Gasteiger partial charge on any atom is -0.507 e. The molecule has 1 N–H and O–H groups in total. The van der Waals surface area contributed by atoms with Crippen molar-refractivity contribution < 1.29 is 14.7 Å². The van der Waals surface area contributed by atoms with Crippen LogP contribution in [-0.4, -0.2) is 37.0 Å². The number of aromatic nitrogens is 4. The average molecular weight is 358 g/mol. The fourth-order valence-electron chi connectivity index (χ4n) is 2.90. The molecule has 0 amide bonds. The summed E-state index contributed by atoms with van der Waals surface area (Å²) in [5, 5.41) is 15.0. The van der Waals surface area contributed by atoms with E-state index in [2.05, 4.69) is 15.1 Å². The third-order valence-electron chi connectivity index (χ3n) is 4.25. The number of aldehydes is 1. The van der Waals surface area contributed by atoms with E-state index in [0.717, 1.165) is 10.1 Å². The van der Waals surface area contributed by atoms with Crippen LogP contribution in [0.2, 0.25) is 0 Å². The number of benzene rings is 1. The summed E-state index contributed by atoms with van der Waals surface area (Å²) in [6, 6.07) is 11.8. The first kappa shape index (κ1) is 16.6. The molecule has 0 aliphatic rings. The Morgan fingerprint density at radius 3 is 2.78 bits per heavy atom. The topological polar surface area (TPSA) is 98.0 Å². The second-order valence-corrected chi connectivity index (χ2v) is 5.99. The summed E-state index contributed by atoms with van der Waals surface area (Å²) < 4.78 is 1.09. The van der Waals surface area contributed by atoms with Gasteiger partial charge in [0.1, 0.15) is 11.4 Å². The number of aryl methyl sites for hydroxylation is 1. The molecule has 7 nitrogen and oxygen atoms in total. The molecule has 0 unspecified atom stereocenters. The smallest absolute Gasteiger partial charge is 0.280 e. The quantitative estimate of drug-likeness (QED) is 0.565. The van der Waals surface area contributed by atoms with Gasteiger partial charge < -0.3 is 5.11 Å². The molecule has 3 heterocycles. The Labute approximate surface area is 153 Å². The first-order chi connectivity index (χ1) is 13.1. The van der Waals surface area contributed by atoms with E-state index in [1.807, 2.05) is 6.07 Å². The number of rotatable bonds is 3. The molecule has 0 aliphatic carbocycles. The van der Waals surface area contributed by atoms with Gasteiger partial charge in [0.15, 0.2) is 11.9 Å². The molecule has 0 atom stereocenters. The second kappa shape index (κ2) is 6.45. The minimum absolute atomic E-state index is 0.0204. The molecule has 0 fully saturated rings. The maximum absolute atomic E-state index is 13.0. The first-order valence-corrected chi connectivity index (χ1v) is 8.19. The van der Waals surface area contributed by atoms with E-state index in [4.69, 9.17) is 0 Å². The molecule has 0 saturated carbocycles. The number of phenols is 1. The van der Waals surface area contributed by atoms with Gasteiger partial charge in [-0.25, -0.2) is 14.6 Å². The molecule has 4 rings (SSSR count). The molecule has 0 spiro atoms. The third-order valence-corrected chi connectivity index (χ3v) is 4.25. The number of para-hydroxylation sites is 1. The van der Waals surface area contributed by atoms with Crippen molar-refractivity contribution in [3.05, 3.63) is 71.7 Å². The summed E-state index contributed by atoms with van der Waals surface area (Å²) in [7, 11) is 0. The van der Waals surface area contributed by atoms with Crippen molar-refractivity contribution in [3.63, 3.8) is 0 Å². The first-order valence-electron chi connectivity index (χ1n) is 8.19. The van der Waals surface area contributed by atoms with Crippen molar-refractivity contribution in [1.29, 1.82) is 0 Å². The Kier molecular flexibility index (Phi) is 3.97. The molecule has 1 aromatic carbocycles. The van der Waals surface area contributed by atoms with Crippen LogP contribution < -0.4 is 0 Å². The molecule has 4 aromatic rings. The normalized spacial score (nSPS) is 10.9. The molecule has 0 radical (unpaired) electrons. The van der Waals surface area contributed by atoms with Gasteiger partial charge in [0.2, 0.25) is 0 Å². The van der Waals surface area contributed by atoms with Crippen LogP contribution in [0, 0.1) is 6.92 Å². The number of phenolic OH excluding ortho intramolecular Hbond substituents is 1. The van der Waals surface area contributed by atoms with E-state index in [-0.39, 0.29) is 17.0 Å². The van der Waals surface area contributed by atoms with Gasteiger partial charge in [-0.1, -0.05) is 12.1 Å². The fourth-order valence-corrected chi connectivity index (χ4v) is 2.90. The van der Waals surface area contributed by atoms with Crippen LogP contribution in [0.25, 0.3) is 22.3 Å². The molecule has 0 bridgehead atoms. The van der Waals surface area contributed by atoms with Gasteiger partial charge in [0, 0.05) is 23.3 Å². The van der Waals surface area contributed by atoms with E-state index >= 15 is 0 Å². The summed E-state index contributed by atoms with van der Waals surface area (Å²) in [6.07, 6.45) is 3.59. The van der Waals surface area contributed by atoms with E-state index in [9.17, 15) is 14.7 Å². The summed E-state index contributed by atoms with van der Waals surface area (Å²) in [6.45, 7) is 1.72. The number of hydrogen-bond acceptors (Lipinski definition) is 6. The molecule has 27 heavy (non-hydrogen) atoms. The van der Waals surface area contributed by atoms with Gasteiger partial charge in [-0.3, -0.25) is 9.59 Å². The highest BCUT2D eigenvalue weighted by molar-refractivity contribution is 6.00. The van der Waals surface area contributed by atoms with E-state index < -0.39 is 5.91 Å². The van der Waals surface area contributed by atoms with Crippen LogP contribution >= 0.6 is 0 Å². The Morgan fingerprint density at radius 2 is 2.00 bits per heavy atom. The number of carbonyl (C=O) groups is 2. The second-order valence-electron chi connectivity index (χ2n) is 5.99. The zero-order valence-electron chi connectivity index (χ0n) is 14.3. The number of fused-ring (bicyclic) bond motifs is 1. The van der Waals surface area contributed by atoms with E-state index in [1.54, 1.807) is 43.5 Å². The standard InChI is InChI=1S/C20H14N4O3/c1-12-16(9-13-5-4-8-21-19(13)22-12)20(27)24-10-14(11-25)18(23-24)15-6-2-3-7-17(15)26/h2-11,26H,1H3. The SMILES string of the molecule is Cc1nc2ncccc2cc1C(=O)n1cc(C=O)c(-c2ccccc2O)n1. The van der Waals surface area contributed by atoms with Gasteiger partial charge in [0.05, 0.1) is 16.8 Å². The van der Waals surface area contributed by atoms with Crippen molar-refractivity contribution in [3.8, 4) is 17.0 Å². The Bertz CT molecular complexity index is 1200. The maximum atomic E-state index is 13.0. The summed E-state index contributed by atoms with van der Waals surface area (Å²) in [5.74, 6) is -0.441. The number of carbonyl (C=O) groups excluding carboxylic acids is 2. The van der Waals surface area contributed by atoms with Crippen molar-refractivity contribution in [1.82, 2.24) is 19.7 Å². The third kappa shape index (κ3) is 2.85. The van der Waals surface area contributed by atoms with Crippen LogP contribution in [0.5, 0.6) is 5.75 Å². The van der Waals surface area contributed by atoms with Gasteiger partial charge in [-0.15, -0.1) is 0 Å². The highest BCUT2D eigenvalue weighted by atomic mass is 16.3. The van der Waals surface area contributed by atoms with Gasteiger partial charge in [-0.05, 0) is 37.3 Å². The van der Waals surface area contributed by atoms with Crippen molar-refractivity contribution in [2.75, 3.05) is 0 Å². The molecule has 132 valence electrons. The fraction of sp³-hybridized carbons (Fsp3) is 0.0500. The van der Waals surface area contributed by atoms with Crippen molar-refractivity contribution in [2.45, 2.75) is 6.92 Å². The van der Waals surface area contributed by atoms with Crippen molar-refractivity contribution >= 4 is 23.2 Å². The van der Waals surface area contributed by atoms with E-state index in [0.29, 0.717) is 28.8 Å². The number of hydrogen-bond donors (Lipinski definition) is 1. The predicted octanol–water partition coefficient (Wildman–Crippen LogP) is 3.01. The van der Waals surface area contributed by atoms with E-state index in [1.165, 1.54) is 12.3 Å². The Balaban J connectivity index is 1.83. The molecule has 7 heteroatoms. The Hall–Kier alpha value is -3.87. The molecule has 3 aromatic heterocycles. The van der Waals surface area contributed by atoms with Crippen LogP contribution in [-0.2, 0) is 0 Å². The lowest BCUT2D eigenvalue weighted by molar-refractivity contribution is 0.0944. The Morgan fingerprint density at radius 1 is 1.19 bits per heavy atom. The molecular formula is C20H14N4O3. The lowest BCUT2D eigenvalue weighted by atomic mass is 10.1. The monoisotopic (exact) mass is 358 g/mol. The number of aromatic hydroxyl groups is 1. The lowest BCUT2D eigenvalue weighted by Gasteiger charge is -2.06. The zero-order chi connectivity index (χ0) is 19.0. The summed E-state index contributed by atoms with van der Waals surface area (Å²) in [4.78, 5) is 33.0. The summed E-state index contributed by atoms with van der Waals surface area (Å²) in [5.41, 5.74) is 2.25. The number of nitrogens with zero attached hydrogens (tertiary/aromatic N) is 4.